The summed E-state index contributed by atoms with van der Waals surface area (Å²) in [5.74, 6) is -1.60. The van der Waals surface area contributed by atoms with Crippen LogP contribution in [0.25, 0.3) is 0 Å². The molecule has 1 fully saturated rings. The SMILES string of the molecule is COC(=O)N1CCN(c2ccc(C(=O)NC(CC(=O)O)c3cccnc3)cc2NC(=O)OCc2ccccc2)CC1. The second kappa shape index (κ2) is 13.8. The van der Waals surface area contributed by atoms with Crippen LogP contribution in [0.3, 0.4) is 0 Å². The van der Waals surface area contributed by atoms with Gasteiger partial charge in [0, 0.05) is 44.1 Å². The first-order chi connectivity index (χ1) is 19.8. The number of rotatable bonds is 9. The quantitative estimate of drug-likeness (QED) is 0.356. The second-order valence-corrected chi connectivity index (χ2v) is 9.27. The van der Waals surface area contributed by atoms with Crippen LogP contribution >= 0.6 is 0 Å². The van der Waals surface area contributed by atoms with E-state index in [1.165, 1.54) is 19.4 Å². The van der Waals surface area contributed by atoms with Crippen LogP contribution in [0.2, 0.25) is 0 Å². The number of pyridine rings is 1. The number of aromatic nitrogens is 1. The minimum Gasteiger partial charge on any atom is -0.481 e. The molecular weight excluding hydrogens is 530 g/mol. The summed E-state index contributed by atoms with van der Waals surface area (Å²) in [7, 11) is 1.33. The predicted molar refractivity (Wildman–Crippen MR) is 150 cm³/mol. The van der Waals surface area contributed by atoms with Gasteiger partial charge in [0.1, 0.15) is 6.61 Å². The third kappa shape index (κ3) is 7.94. The number of hydrogen-bond donors (Lipinski definition) is 3. The van der Waals surface area contributed by atoms with Crippen LogP contribution < -0.4 is 15.5 Å². The number of piperazine rings is 1. The number of carbonyl (C=O) groups is 4. The van der Waals surface area contributed by atoms with E-state index in [9.17, 15) is 24.3 Å². The highest BCUT2D eigenvalue weighted by Gasteiger charge is 2.25. The maximum absolute atomic E-state index is 13.3. The van der Waals surface area contributed by atoms with Crippen molar-refractivity contribution in [3.63, 3.8) is 0 Å². The lowest BCUT2D eigenvalue weighted by Gasteiger charge is -2.36. The summed E-state index contributed by atoms with van der Waals surface area (Å²) >= 11 is 0. The molecule has 2 heterocycles. The van der Waals surface area contributed by atoms with Crippen molar-refractivity contribution in [2.24, 2.45) is 0 Å². The fourth-order valence-electron chi connectivity index (χ4n) is 4.43. The Bertz CT molecular complexity index is 1360. The maximum atomic E-state index is 13.3. The Labute approximate surface area is 236 Å². The number of nitrogens with one attached hydrogen (secondary N) is 2. The molecule has 1 unspecified atom stereocenters. The molecule has 214 valence electrons. The van der Waals surface area contributed by atoms with Crippen molar-refractivity contribution in [1.29, 1.82) is 0 Å². The summed E-state index contributed by atoms with van der Waals surface area (Å²) in [4.78, 5) is 57.0. The highest BCUT2D eigenvalue weighted by molar-refractivity contribution is 5.99. The van der Waals surface area contributed by atoms with Crippen LogP contribution in [0.5, 0.6) is 0 Å². The highest BCUT2D eigenvalue weighted by Crippen LogP contribution is 2.29. The van der Waals surface area contributed by atoms with E-state index in [0.29, 0.717) is 43.1 Å². The first-order valence-electron chi connectivity index (χ1n) is 13.0. The van der Waals surface area contributed by atoms with E-state index < -0.39 is 30.1 Å². The molecule has 3 aromatic rings. The molecular formula is C29H31N5O7. The predicted octanol–water partition coefficient (Wildman–Crippen LogP) is 3.66. The van der Waals surface area contributed by atoms with Crippen LogP contribution in [0.15, 0.2) is 73.1 Å². The Hall–Kier alpha value is -5.13. The van der Waals surface area contributed by atoms with Gasteiger partial charge in [0.05, 0.1) is 30.9 Å². The molecule has 2 aromatic carbocycles. The van der Waals surface area contributed by atoms with Crippen LogP contribution in [0.4, 0.5) is 21.0 Å². The Morgan fingerprint density at radius 2 is 1.76 bits per heavy atom. The van der Waals surface area contributed by atoms with E-state index in [0.717, 1.165) is 5.56 Å². The van der Waals surface area contributed by atoms with Crippen LogP contribution in [0.1, 0.15) is 33.9 Å². The lowest BCUT2D eigenvalue weighted by Crippen LogP contribution is -2.49. The molecule has 3 amide bonds. The van der Waals surface area contributed by atoms with Gasteiger partial charge in [0.15, 0.2) is 0 Å². The van der Waals surface area contributed by atoms with Crippen LogP contribution in [0, 0.1) is 0 Å². The van der Waals surface area contributed by atoms with Crippen molar-refractivity contribution in [3.8, 4) is 0 Å². The van der Waals surface area contributed by atoms with Crippen molar-refractivity contribution in [3.05, 3.63) is 89.7 Å². The molecule has 0 bridgehead atoms. The topological polar surface area (TPSA) is 150 Å². The van der Waals surface area contributed by atoms with Crippen molar-refractivity contribution in [1.82, 2.24) is 15.2 Å². The van der Waals surface area contributed by atoms with Gasteiger partial charge in [-0.3, -0.25) is 19.9 Å². The van der Waals surface area contributed by atoms with Gasteiger partial charge in [-0.25, -0.2) is 9.59 Å². The minimum absolute atomic E-state index is 0.0575. The van der Waals surface area contributed by atoms with Gasteiger partial charge in [-0.2, -0.15) is 0 Å². The molecule has 12 nitrogen and oxygen atoms in total. The smallest absolute Gasteiger partial charge is 0.412 e. The molecule has 0 spiro atoms. The Kier molecular flexibility index (Phi) is 9.71. The number of hydrogen-bond acceptors (Lipinski definition) is 8. The van der Waals surface area contributed by atoms with Gasteiger partial charge < -0.3 is 29.7 Å². The minimum atomic E-state index is -1.08. The standard InChI is InChI=1S/C29H31N5O7/c1-40-29(39)34-14-12-33(13-15-34)25-10-9-21(16-24(25)32-28(38)41-19-20-6-3-2-4-7-20)27(37)31-23(17-26(35)36)22-8-5-11-30-18-22/h2-11,16,18,23H,12-15,17,19H2,1H3,(H,31,37)(H,32,38)(H,35,36). The molecule has 3 N–H and O–H groups in total. The number of amides is 3. The molecule has 0 saturated carbocycles. The van der Waals surface area contributed by atoms with Crippen molar-refractivity contribution >= 4 is 35.4 Å². The van der Waals surface area contributed by atoms with E-state index in [4.69, 9.17) is 9.47 Å². The largest absolute Gasteiger partial charge is 0.481 e. The number of nitrogens with zero attached hydrogens (tertiary/aromatic N) is 3. The zero-order valence-corrected chi connectivity index (χ0v) is 22.5. The fraction of sp³-hybridized carbons (Fsp3) is 0.276. The average Bonchev–Trinajstić information content (AvgIpc) is 3.00. The monoisotopic (exact) mass is 561 g/mol. The lowest BCUT2D eigenvalue weighted by molar-refractivity contribution is -0.137. The van der Waals surface area contributed by atoms with Gasteiger partial charge >= 0.3 is 18.2 Å². The molecule has 1 aromatic heterocycles. The lowest BCUT2D eigenvalue weighted by atomic mass is 10.0. The third-order valence-corrected chi connectivity index (χ3v) is 6.53. The Morgan fingerprint density at radius 3 is 2.41 bits per heavy atom. The number of carboxylic acids is 1. The van der Waals surface area contributed by atoms with E-state index in [1.54, 1.807) is 35.4 Å². The zero-order valence-electron chi connectivity index (χ0n) is 22.5. The molecule has 0 radical (unpaired) electrons. The van der Waals surface area contributed by atoms with E-state index in [2.05, 4.69) is 15.6 Å². The summed E-state index contributed by atoms with van der Waals surface area (Å²) in [6, 6.07) is 16.6. The van der Waals surface area contributed by atoms with Crippen molar-refractivity contribution in [2.45, 2.75) is 19.1 Å². The molecule has 12 heteroatoms. The maximum Gasteiger partial charge on any atom is 0.412 e. The summed E-state index contributed by atoms with van der Waals surface area (Å²) in [5.41, 5.74) is 2.54. The van der Waals surface area contributed by atoms with E-state index in [1.807, 2.05) is 35.2 Å². The first kappa shape index (κ1) is 28.9. The summed E-state index contributed by atoms with van der Waals surface area (Å²) in [5, 5.41) is 14.9. The third-order valence-electron chi connectivity index (χ3n) is 6.53. The van der Waals surface area contributed by atoms with Gasteiger partial charge in [-0.1, -0.05) is 36.4 Å². The number of carboxylic acid groups (broad SMARTS) is 1. The first-order valence-corrected chi connectivity index (χ1v) is 13.0. The number of carbonyl (C=O) groups excluding carboxylic acids is 3. The summed E-state index contributed by atoms with van der Waals surface area (Å²) in [6.45, 7) is 1.82. The number of benzene rings is 2. The fourth-order valence-corrected chi connectivity index (χ4v) is 4.43. The number of ether oxygens (including phenoxy) is 2. The summed E-state index contributed by atoms with van der Waals surface area (Å²) in [6.07, 6.45) is 1.60. The highest BCUT2D eigenvalue weighted by atomic mass is 16.5. The van der Waals surface area contributed by atoms with E-state index >= 15 is 0 Å². The Balaban J connectivity index is 1.55. The van der Waals surface area contributed by atoms with Crippen molar-refractivity contribution in [2.75, 3.05) is 43.5 Å². The Morgan fingerprint density at radius 1 is 1.00 bits per heavy atom. The van der Waals surface area contributed by atoms with Gasteiger partial charge in [-0.05, 0) is 35.4 Å². The molecule has 0 aliphatic carbocycles. The number of aliphatic carboxylic acids is 1. The average molecular weight is 562 g/mol. The molecule has 1 aliphatic rings. The molecule has 1 aliphatic heterocycles. The van der Waals surface area contributed by atoms with Gasteiger partial charge in [-0.15, -0.1) is 0 Å². The number of methoxy groups -OCH3 is 1. The molecule has 41 heavy (non-hydrogen) atoms. The zero-order chi connectivity index (χ0) is 29.2. The number of anilines is 2. The van der Waals surface area contributed by atoms with Gasteiger partial charge in [0.2, 0.25) is 0 Å². The van der Waals surface area contributed by atoms with Crippen LogP contribution in [-0.2, 0) is 20.9 Å². The van der Waals surface area contributed by atoms with Gasteiger partial charge in [0.25, 0.3) is 5.91 Å². The molecule has 1 atom stereocenters. The second-order valence-electron chi connectivity index (χ2n) is 9.27. The molecule has 4 rings (SSSR count). The van der Waals surface area contributed by atoms with Crippen molar-refractivity contribution < 1.29 is 33.8 Å². The molecule has 1 saturated heterocycles. The summed E-state index contributed by atoms with van der Waals surface area (Å²) < 4.78 is 10.2. The van der Waals surface area contributed by atoms with Crippen LogP contribution in [-0.4, -0.2) is 72.3 Å². The van der Waals surface area contributed by atoms with E-state index in [-0.39, 0.29) is 18.6 Å². The normalized spacial score (nSPS) is 13.6.